The number of carbonyl (C=O) groups excluding carboxylic acids is 1. The van der Waals surface area contributed by atoms with Gasteiger partial charge in [0, 0.05) is 20.3 Å². The third kappa shape index (κ3) is 3.43. The number of unbranched alkanes of at least 4 members (excludes halogenated alkanes) is 2. The van der Waals surface area contributed by atoms with E-state index in [0.29, 0.717) is 19.4 Å². The summed E-state index contributed by atoms with van der Waals surface area (Å²) < 4.78 is 4.92. The van der Waals surface area contributed by atoms with E-state index in [2.05, 4.69) is 5.32 Å². The molecule has 17 heavy (non-hydrogen) atoms. The maximum atomic E-state index is 11.8. The number of methoxy groups -OCH3 is 1. The Hall–Kier alpha value is -1.10. The Balaban J connectivity index is 2.18. The number of aliphatic carboxylic acids is 1. The lowest BCUT2D eigenvalue weighted by Crippen LogP contribution is -2.51. The summed E-state index contributed by atoms with van der Waals surface area (Å²) in [6.07, 6.45) is 4.58. The van der Waals surface area contributed by atoms with E-state index in [0.717, 1.165) is 32.3 Å². The number of nitrogens with one attached hydrogen (secondary N) is 1. The number of carboxylic acid groups (broad SMARTS) is 1. The summed E-state index contributed by atoms with van der Waals surface area (Å²) >= 11 is 0. The Labute approximate surface area is 102 Å². The van der Waals surface area contributed by atoms with Crippen molar-refractivity contribution < 1.29 is 19.4 Å². The fraction of sp³-hybridized carbons (Fsp3) is 0.833. The molecule has 0 radical (unpaired) electrons. The van der Waals surface area contributed by atoms with Crippen LogP contribution in [0.2, 0.25) is 0 Å². The van der Waals surface area contributed by atoms with Crippen molar-refractivity contribution in [1.29, 1.82) is 0 Å². The number of ether oxygens (including phenoxy) is 1. The molecule has 1 amide bonds. The predicted molar refractivity (Wildman–Crippen MR) is 62.7 cm³/mol. The highest BCUT2D eigenvalue weighted by Gasteiger charge is 2.50. The second kappa shape index (κ2) is 6.59. The van der Waals surface area contributed by atoms with Gasteiger partial charge in [-0.3, -0.25) is 9.59 Å². The third-order valence-corrected chi connectivity index (χ3v) is 3.36. The molecule has 0 aromatic carbocycles. The summed E-state index contributed by atoms with van der Waals surface area (Å²) in [5.41, 5.74) is -1.13. The van der Waals surface area contributed by atoms with E-state index in [4.69, 9.17) is 9.84 Å². The molecule has 2 N–H and O–H groups in total. The van der Waals surface area contributed by atoms with Crippen molar-refractivity contribution in [3.8, 4) is 0 Å². The van der Waals surface area contributed by atoms with Crippen LogP contribution in [0.25, 0.3) is 0 Å². The smallest absolute Gasteiger partial charge is 0.319 e. The van der Waals surface area contributed by atoms with E-state index in [1.807, 2.05) is 0 Å². The second-order valence-corrected chi connectivity index (χ2v) is 4.55. The maximum Gasteiger partial charge on any atom is 0.319 e. The minimum absolute atomic E-state index is 0.317. The monoisotopic (exact) mass is 243 g/mol. The van der Waals surface area contributed by atoms with Crippen molar-refractivity contribution in [3.05, 3.63) is 0 Å². The van der Waals surface area contributed by atoms with Gasteiger partial charge >= 0.3 is 5.97 Å². The molecule has 0 aliphatic heterocycles. The van der Waals surface area contributed by atoms with Gasteiger partial charge in [0.05, 0.1) is 0 Å². The first-order valence-corrected chi connectivity index (χ1v) is 6.14. The van der Waals surface area contributed by atoms with Gasteiger partial charge in [-0.25, -0.2) is 0 Å². The number of hydrogen-bond donors (Lipinski definition) is 2. The Morgan fingerprint density at radius 1 is 1.29 bits per heavy atom. The van der Waals surface area contributed by atoms with Crippen LogP contribution in [-0.2, 0) is 14.3 Å². The molecule has 1 saturated carbocycles. The molecule has 0 atom stereocenters. The lowest BCUT2D eigenvalue weighted by molar-refractivity contribution is -0.162. The fourth-order valence-corrected chi connectivity index (χ4v) is 1.99. The SMILES string of the molecule is COCCCCCNC(=O)C1(C(=O)O)CCC1. The molecule has 5 nitrogen and oxygen atoms in total. The van der Waals surface area contributed by atoms with Crippen LogP contribution in [0.3, 0.4) is 0 Å². The first-order chi connectivity index (χ1) is 8.13. The minimum atomic E-state index is -1.13. The number of rotatable bonds is 8. The summed E-state index contributed by atoms with van der Waals surface area (Å²) in [4.78, 5) is 22.8. The molecule has 0 aromatic heterocycles. The molecule has 0 heterocycles. The van der Waals surface area contributed by atoms with Gasteiger partial charge in [0.15, 0.2) is 0 Å². The van der Waals surface area contributed by atoms with Gasteiger partial charge in [-0.2, -0.15) is 0 Å². The molecule has 0 saturated heterocycles. The first-order valence-electron chi connectivity index (χ1n) is 6.14. The molecule has 1 rings (SSSR count). The lowest BCUT2D eigenvalue weighted by atomic mass is 9.68. The second-order valence-electron chi connectivity index (χ2n) is 4.55. The summed E-state index contributed by atoms with van der Waals surface area (Å²) in [6.45, 7) is 1.28. The van der Waals surface area contributed by atoms with Crippen LogP contribution in [0.1, 0.15) is 38.5 Å². The van der Waals surface area contributed by atoms with Gasteiger partial charge in [0.1, 0.15) is 5.41 Å². The zero-order valence-electron chi connectivity index (χ0n) is 10.3. The van der Waals surface area contributed by atoms with E-state index in [9.17, 15) is 9.59 Å². The Bertz CT molecular complexity index is 274. The van der Waals surface area contributed by atoms with E-state index < -0.39 is 11.4 Å². The van der Waals surface area contributed by atoms with Crippen LogP contribution in [-0.4, -0.2) is 37.2 Å². The van der Waals surface area contributed by atoms with Crippen LogP contribution in [0.4, 0.5) is 0 Å². The first kappa shape index (κ1) is 14.0. The highest BCUT2D eigenvalue weighted by atomic mass is 16.5. The average molecular weight is 243 g/mol. The molecular weight excluding hydrogens is 222 g/mol. The lowest BCUT2D eigenvalue weighted by Gasteiger charge is -2.35. The number of carbonyl (C=O) groups is 2. The largest absolute Gasteiger partial charge is 0.480 e. The fourth-order valence-electron chi connectivity index (χ4n) is 1.99. The molecular formula is C12H21NO4. The van der Waals surface area contributed by atoms with Gasteiger partial charge in [-0.1, -0.05) is 6.42 Å². The van der Waals surface area contributed by atoms with Crippen LogP contribution >= 0.6 is 0 Å². The zero-order chi connectivity index (χ0) is 12.7. The molecule has 1 aliphatic rings. The van der Waals surface area contributed by atoms with Gasteiger partial charge in [-0.15, -0.1) is 0 Å². The number of amides is 1. The molecule has 0 aromatic rings. The quantitative estimate of drug-likeness (QED) is 0.495. The van der Waals surface area contributed by atoms with E-state index in [-0.39, 0.29) is 5.91 Å². The summed E-state index contributed by atoms with van der Waals surface area (Å²) in [5.74, 6) is -1.30. The highest BCUT2D eigenvalue weighted by molar-refractivity contribution is 6.02. The average Bonchev–Trinajstić information content (AvgIpc) is 2.21. The van der Waals surface area contributed by atoms with E-state index in [1.54, 1.807) is 7.11 Å². The Morgan fingerprint density at radius 2 is 2.00 bits per heavy atom. The normalized spacial score (nSPS) is 17.2. The summed E-state index contributed by atoms with van der Waals surface area (Å²) in [6, 6.07) is 0. The molecule has 0 unspecified atom stereocenters. The molecule has 98 valence electrons. The van der Waals surface area contributed by atoms with Crippen molar-refractivity contribution in [2.24, 2.45) is 5.41 Å². The predicted octanol–water partition coefficient (Wildman–Crippen LogP) is 1.17. The number of carboxylic acids is 1. The minimum Gasteiger partial charge on any atom is -0.480 e. The Morgan fingerprint density at radius 3 is 2.47 bits per heavy atom. The van der Waals surface area contributed by atoms with Crippen molar-refractivity contribution >= 4 is 11.9 Å². The van der Waals surface area contributed by atoms with Crippen molar-refractivity contribution in [3.63, 3.8) is 0 Å². The van der Waals surface area contributed by atoms with Crippen LogP contribution in [0.15, 0.2) is 0 Å². The van der Waals surface area contributed by atoms with E-state index >= 15 is 0 Å². The van der Waals surface area contributed by atoms with E-state index in [1.165, 1.54) is 0 Å². The van der Waals surface area contributed by atoms with Gasteiger partial charge < -0.3 is 15.2 Å². The Kier molecular flexibility index (Phi) is 5.41. The molecule has 0 spiro atoms. The number of hydrogen-bond acceptors (Lipinski definition) is 3. The van der Waals surface area contributed by atoms with Gasteiger partial charge in [0.2, 0.25) is 5.91 Å². The zero-order valence-corrected chi connectivity index (χ0v) is 10.3. The maximum absolute atomic E-state index is 11.8. The van der Waals surface area contributed by atoms with Gasteiger partial charge in [0.25, 0.3) is 0 Å². The van der Waals surface area contributed by atoms with Crippen LogP contribution < -0.4 is 5.32 Å². The summed E-state index contributed by atoms with van der Waals surface area (Å²) in [7, 11) is 1.66. The van der Waals surface area contributed by atoms with Crippen molar-refractivity contribution in [2.75, 3.05) is 20.3 Å². The molecule has 5 heteroatoms. The summed E-state index contributed by atoms with van der Waals surface area (Å²) in [5, 5.41) is 11.8. The van der Waals surface area contributed by atoms with Crippen molar-refractivity contribution in [2.45, 2.75) is 38.5 Å². The molecule has 0 bridgehead atoms. The van der Waals surface area contributed by atoms with Gasteiger partial charge in [-0.05, 0) is 32.1 Å². The highest BCUT2D eigenvalue weighted by Crippen LogP contribution is 2.41. The third-order valence-electron chi connectivity index (χ3n) is 3.36. The van der Waals surface area contributed by atoms with Crippen molar-refractivity contribution in [1.82, 2.24) is 5.32 Å². The van der Waals surface area contributed by atoms with Crippen LogP contribution in [0.5, 0.6) is 0 Å². The topological polar surface area (TPSA) is 75.6 Å². The van der Waals surface area contributed by atoms with Crippen LogP contribution in [0, 0.1) is 5.41 Å². The molecule has 1 fully saturated rings. The standard InChI is InChI=1S/C12H21NO4/c1-17-9-4-2-3-8-13-10(14)12(11(15)16)6-5-7-12/h2-9H2,1H3,(H,13,14)(H,15,16). The molecule has 1 aliphatic carbocycles.